The molecule has 1 unspecified atom stereocenters. The van der Waals surface area contributed by atoms with E-state index in [4.69, 9.17) is 9.72 Å². The van der Waals surface area contributed by atoms with Gasteiger partial charge in [0.25, 0.3) is 5.91 Å². The smallest absolute Gasteiger partial charge is 0.338 e. The van der Waals surface area contributed by atoms with E-state index in [0.29, 0.717) is 30.2 Å². The molecule has 0 aliphatic carbocycles. The summed E-state index contributed by atoms with van der Waals surface area (Å²) in [5.41, 5.74) is 4.70. The van der Waals surface area contributed by atoms with Crippen molar-refractivity contribution in [2.45, 2.75) is 25.8 Å². The number of para-hydroxylation sites is 3. The second-order valence-corrected chi connectivity index (χ2v) is 9.44. The minimum absolute atomic E-state index is 0.0462. The first-order valence-electron chi connectivity index (χ1n) is 12.9. The van der Waals surface area contributed by atoms with Crippen molar-refractivity contribution < 1.29 is 19.1 Å². The predicted octanol–water partition coefficient (Wildman–Crippen LogP) is 4.85. The van der Waals surface area contributed by atoms with Crippen LogP contribution in [0.5, 0.6) is 0 Å². The minimum Gasteiger partial charge on any atom is -0.462 e. The zero-order chi connectivity index (χ0) is 26.9. The van der Waals surface area contributed by atoms with E-state index in [2.05, 4.69) is 16.4 Å². The Balaban J connectivity index is 1.22. The van der Waals surface area contributed by atoms with Gasteiger partial charge >= 0.3 is 5.97 Å². The maximum absolute atomic E-state index is 13.7. The van der Waals surface area contributed by atoms with Gasteiger partial charge in [-0.3, -0.25) is 19.1 Å². The zero-order valence-corrected chi connectivity index (χ0v) is 21.4. The normalized spacial score (nSPS) is 14.6. The molecule has 39 heavy (non-hydrogen) atoms. The average Bonchev–Trinajstić information content (AvgIpc) is 3.60. The van der Waals surface area contributed by atoms with Gasteiger partial charge in [-0.2, -0.15) is 0 Å². The molecule has 5 aromatic rings. The SMILES string of the molecule is CCOC(=O)c1ccc(NC(=O)CC2C(=O)N(CCc3c[nH]c4ccccc34)c3nc4ccccc4n32)cc1. The highest BCUT2D eigenvalue weighted by atomic mass is 16.5. The molecule has 0 spiro atoms. The van der Waals surface area contributed by atoms with E-state index in [1.807, 2.05) is 53.2 Å². The molecule has 6 rings (SSSR count). The second-order valence-electron chi connectivity index (χ2n) is 9.44. The van der Waals surface area contributed by atoms with E-state index in [-0.39, 0.29) is 24.8 Å². The number of fused-ring (bicyclic) bond motifs is 4. The summed E-state index contributed by atoms with van der Waals surface area (Å²) in [6.07, 6.45) is 2.58. The van der Waals surface area contributed by atoms with Crippen molar-refractivity contribution in [3.05, 3.63) is 90.1 Å². The van der Waals surface area contributed by atoms with Gasteiger partial charge in [0.1, 0.15) is 6.04 Å². The van der Waals surface area contributed by atoms with Crippen LogP contribution >= 0.6 is 0 Å². The fraction of sp³-hybridized carbons (Fsp3) is 0.200. The van der Waals surface area contributed by atoms with Gasteiger partial charge in [0.15, 0.2) is 0 Å². The molecule has 0 fully saturated rings. The summed E-state index contributed by atoms with van der Waals surface area (Å²) in [7, 11) is 0. The molecule has 2 N–H and O–H groups in total. The largest absolute Gasteiger partial charge is 0.462 e. The summed E-state index contributed by atoms with van der Waals surface area (Å²) in [6, 6.07) is 21.5. The topological polar surface area (TPSA) is 109 Å². The van der Waals surface area contributed by atoms with E-state index < -0.39 is 12.0 Å². The van der Waals surface area contributed by atoms with Crippen molar-refractivity contribution in [3.63, 3.8) is 0 Å². The molecule has 3 aromatic carbocycles. The van der Waals surface area contributed by atoms with Gasteiger partial charge in [-0.1, -0.05) is 30.3 Å². The number of amides is 2. The number of ether oxygens (including phenoxy) is 1. The van der Waals surface area contributed by atoms with Gasteiger partial charge in [0.2, 0.25) is 11.9 Å². The highest BCUT2D eigenvalue weighted by molar-refractivity contribution is 6.05. The summed E-state index contributed by atoms with van der Waals surface area (Å²) < 4.78 is 6.88. The summed E-state index contributed by atoms with van der Waals surface area (Å²) >= 11 is 0. The highest BCUT2D eigenvalue weighted by Crippen LogP contribution is 2.37. The van der Waals surface area contributed by atoms with Crippen LogP contribution < -0.4 is 10.2 Å². The van der Waals surface area contributed by atoms with Crippen molar-refractivity contribution in [2.24, 2.45) is 0 Å². The Morgan fingerprint density at radius 2 is 1.79 bits per heavy atom. The molecule has 0 radical (unpaired) electrons. The first-order chi connectivity index (χ1) is 19.0. The molecule has 3 heterocycles. The van der Waals surface area contributed by atoms with Crippen LogP contribution in [0.1, 0.15) is 35.3 Å². The number of nitrogens with zero attached hydrogens (tertiary/aromatic N) is 3. The van der Waals surface area contributed by atoms with Crippen LogP contribution in [0.2, 0.25) is 0 Å². The standard InChI is InChI=1S/C30H27N5O4/c1-2-39-29(38)19-11-13-21(14-12-19)32-27(36)17-26-28(37)34(30-33-24-9-5-6-10-25(24)35(26)30)16-15-20-18-31-23-8-4-3-7-22(20)23/h3-14,18,26,31H,2,15-17H2,1H3,(H,32,36). The molecular formula is C30H27N5O4. The van der Waals surface area contributed by atoms with E-state index >= 15 is 0 Å². The third kappa shape index (κ3) is 4.52. The number of carbonyl (C=O) groups excluding carboxylic acids is 3. The number of imidazole rings is 1. The highest BCUT2D eigenvalue weighted by Gasteiger charge is 2.40. The Hall–Kier alpha value is -4.92. The van der Waals surface area contributed by atoms with Gasteiger partial charge in [-0.15, -0.1) is 0 Å². The van der Waals surface area contributed by atoms with E-state index in [1.54, 1.807) is 36.1 Å². The van der Waals surface area contributed by atoms with Crippen LogP contribution in [0.15, 0.2) is 79.0 Å². The molecule has 9 nitrogen and oxygen atoms in total. The van der Waals surface area contributed by atoms with Gasteiger partial charge in [-0.05, 0) is 61.4 Å². The quantitative estimate of drug-likeness (QED) is 0.284. The summed E-state index contributed by atoms with van der Waals surface area (Å²) in [5.74, 6) is -0.327. The summed E-state index contributed by atoms with van der Waals surface area (Å²) in [5, 5.41) is 3.98. The third-order valence-corrected chi connectivity index (χ3v) is 7.02. The van der Waals surface area contributed by atoms with Crippen molar-refractivity contribution in [1.29, 1.82) is 0 Å². The molecular weight excluding hydrogens is 494 g/mol. The van der Waals surface area contributed by atoms with Crippen LogP contribution in [0.4, 0.5) is 11.6 Å². The first kappa shape index (κ1) is 24.4. The second kappa shape index (κ2) is 10.1. The summed E-state index contributed by atoms with van der Waals surface area (Å²) in [4.78, 5) is 48.4. The molecule has 0 saturated heterocycles. The lowest BCUT2D eigenvalue weighted by Gasteiger charge is -2.16. The number of benzene rings is 3. The van der Waals surface area contributed by atoms with Crippen LogP contribution in [-0.2, 0) is 20.7 Å². The molecule has 1 aliphatic heterocycles. The fourth-order valence-corrected chi connectivity index (χ4v) is 5.17. The van der Waals surface area contributed by atoms with E-state index in [0.717, 1.165) is 27.5 Å². The van der Waals surface area contributed by atoms with Gasteiger partial charge in [0, 0.05) is 29.3 Å². The maximum Gasteiger partial charge on any atom is 0.338 e. The van der Waals surface area contributed by atoms with Gasteiger partial charge in [0.05, 0.1) is 29.6 Å². The lowest BCUT2D eigenvalue weighted by molar-refractivity contribution is -0.124. The molecule has 0 bridgehead atoms. The Morgan fingerprint density at radius 3 is 2.62 bits per heavy atom. The van der Waals surface area contributed by atoms with Gasteiger partial charge in [-0.25, -0.2) is 9.78 Å². The maximum atomic E-state index is 13.7. The molecule has 2 aromatic heterocycles. The Morgan fingerprint density at radius 1 is 1.03 bits per heavy atom. The predicted molar refractivity (Wildman–Crippen MR) is 149 cm³/mol. The molecule has 1 aliphatic rings. The number of anilines is 2. The lowest BCUT2D eigenvalue weighted by atomic mass is 10.1. The molecule has 9 heteroatoms. The number of hydrogen-bond acceptors (Lipinski definition) is 5. The van der Waals surface area contributed by atoms with E-state index in [1.165, 1.54) is 0 Å². The average molecular weight is 522 g/mol. The Bertz CT molecular complexity index is 1700. The number of aromatic amines is 1. The summed E-state index contributed by atoms with van der Waals surface area (Å²) in [6.45, 7) is 2.48. The monoisotopic (exact) mass is 521 g/mol. The van der Waals surface area contributed by atoms with Crippen LogP contribution in [-0.4, -0.2) is 45.5 Å². The van der Waals surface area contributed by atoms with Crippen molar-refractivity contribution in [3.8, 4) is 0 Å². The van der Waals surface area contributed by atoms with E-state index in [9.17, 15) is 14.4 Å². The Labute approximate surface area is 224 Å². The Kier molecular flexibility index (Phi) is 6.32. The van der Waals surface area contributed by atoms with Crippen molar-refractivity contribution >= 4 is 51.4 Å². The third-order valence-electron chi connectivity index (χ3n) is 7.02. The number of carbonyl (C=O) groups is 3. The number of H-pyrrole nitrogens is 1. The first-order valence-corrected chi connectivity index (χ1v) is 12.9. The lowest BCUT2D eigenvalue weighted by Crippen LogP contribution is -2.33. The van der Waals surface area contributed by atoms with Crippen LogP contribution in [0, 0.1) is 0 Å². The van der Waals surface area contributed by atoms with Crippen LogP contribution in [0.25, 0.3) is 21.9 Å². The number of hydrogen-bond donors (Lipinski definition) is 2. The molecule has 0 saturated carbocycles. The molecule has 1 atom stereocenters. The van der Waals surface area contributed by atoms with Crippen molar-refractivity contribution in [2.75, 3.05) is 23.4 Å². The molecule has 196 valence electrons. The molecule has 2 amide bonds. The van der Waals surface area contributed by atoms with Crippen molar-refractivity contribution in [1.82, 2.24) is 14.5 Å². The van der Waals surface area contributed by atoms with Gasteiger partial charge < -0.3 is 15.0 Å². The van der Waals surface area contributed by atoms with Crippen LogP contribution in [0.3, 0.4) is 0 Å². The number of esters is 1. The zero-order valence-electron chi connectivity index (χ0n) is 21.4. The number of rotatable bonds is 8. The number of aromatic nitrogens is 3. The fourth-order valence-electron chi connectivity index (χ4n) is 5.17. The number of nitrogens with one attached hydrogen (secondary N) is 2. The minimum atomic E-state index is -0.714.